The highest BCUT2D eigenvalue weighted by Gasteiger charge is 2.08. The smallest absolute Gasteiger partial charge is 0.158 e. The second-order valence-electron chi connectivity index (χ2n) is 3.71. The van der Waals surface area contributed by atoms with Crippen LogP contribution in [-0.4, -0.2) is 21.3 Å². The Labute approximate surface area is 95.1 Å². The molecule has 2 aromatic rings. The van der Waals surface area contributed by atoms with Crippen molar-refractivity contribution in [2.24, 2.45) is 5.73 Å². The number of benzene rings is 1. The molecule has 1 aromatic carbocycles. The predicted molar refractivity (Wildman–Crippen MR) is 63.9 cm³/mol. The van der Waals surface area contributed by atoms with Crippen LogP contribution in [0.25, 0.3) is 11.4 Å². The van der Waals surface area contributed by atoms with E-state index in [1.807, 2.05) is 41.9 Å². The lowest BCUT2D eigenvalue weighted by atomic mass is 10.2. The highest BCUT2D eigenvalue weighted by atomic mass is 15.3. The second kappa shape index (κ2) is 4.90. The summed E-state index contributed by atoms with van der Waals surface area (Å²) in [6.07, 6.45) is 0.919. The molecule has 0 fully saturated rings. The fourth-order valence-electron chi connectivity index (χ4n) is 1.65. The molecule has 0 saturated carbocycles. The van der Waals surface area contributed by atoms with Crippen LogP contribution in [0.1, 0.15) is 12.2 Å². The van der Waals surface area contributed by atoms with Crippen LogP contribution in [0.15, 0.2) is 30.3 Å². The molecule has 0 aliphatic rings. The van der Waals surface area contributed by atoms with Gasteiger partial charge in [-0.3, -0.25) is 0 Å². The minimum absolute atomic E-state index is 0.674. The standard InChI is InChI=1S/C12H16N4/c1-10-14-12(11-6-3-2-4-7-11)16(15-10)9-5-8-13/h2-4,6-7H,5,8-9,13H2,1H3. The summed E-state index contributed by atoms with van der Waals surface area (Å²) in [6, 6.07) is 10.1. The molecular formula is C12H16N4. The summed E-state index contributed by atoms with van der Waals surface area (Å²) in [5, 5.41) is 4.37. The fourth-order valence-corrected chi connectivity index (χ4v) is 1.65. The zero-order valence-corrected chi connectivity index (χ0v) is 9.43. The lowest BCUT2D eigenvalue weighted by Gasteiger charge is -2.04. The Morgan fingerprint density at radius 3 is 2.69 bits per heavy atom. The van der Waals surface area contributed by atoms with Crippen LogP contribution in [0.2, 0.25) is 0 Å². The van der Waals surface area contributed by atoms with Crippen molar-refractivity contribution in [3.8, 4) is 11.4 Å². The molecule has 0 aliphatic heterocycles. The molecule has 84 valence electrons. The molecule has 0 atom stereocenters. The Bertz CT molecular complexity index is 447. The summed E-state index contributed by atoms with van der Waals surface area (Å²) in [5.74, 6) is 1.72. The Kier molecular flexibility index (Phi) is 3.31. The highest BCUT2D eigenvalue weighted by Crippen LogP contribution is 2.16. The van der Waals surface area contributed by atoms with Gasteiger partial charge in [0.1, 0.15) is 5.82 Å². The van der Waals surface area contributed by atoms with Crippen LogP contribution in [0.4, 0.5) is 0 Å². The fraction of sp³-hybridized carbons (Fsp3) is 0.333. The van der Waals surface area contributed by atoms with Crippen LogP contribution in [0.5, 0.6) is 0 Å². The number of nitrogens with zero attached hydrogens (tertiary/aromatic N) is 3. The van der Waals surface area contributed by atoms with Crippen molar-refractivity contribution in [2.75, 3.05) is 6.54 Å². The van der Waals surface area contributed by atoms with Gasteiger partial charge >= 0.3 is 0 Å². The maximum Gasteiger partial charge on any atom is 0.158 e. The molecule has 0 saturated heterocycles. The van der Waals surface area contributed by atoms with Crippen LogP contribution >= 0.6 is 0 Å². The van der Waals surface area contributed by atoms with E-state index in [2.05, 4.69) is 10.1 Å². The van der Waals surface area contributed by atoms with Gasteiger partial charge in [0.2, 0.25) is 0 Å². The molecule has 0 aliphatic carbocycles. The average Bonchev–Trinajstić information content (AvgIpc) is 2.69. The van der Waals surface area contributed by atoms with Crippen molar-refractivity contribution >= 4 is 0 Å². The van der Waals surface area contributed by atoms with Gasteiger partial charge in [-0.1, -0.05) is 30.3 Å². The topological polar surface area (TPSA) is 56.7 Å². The number of hydrogen-bond donors (Lipinski definition) is 1. The van der Waals surface area contributed by atoms with Crippen molar-refractivity contribution in [3.63, 3.8) is 0 Å². The molecule has 2 N–H and O–H groups in total. The van der Waals surface area contributed by atoms with E-state index >= 15 is 0 Å². The molecule has 0 radical (unpaired) electrons. The number of aryl methyl sites for hydroxylation is 2. The van der Waals surface area contributed by atoms with Crippen molar-refractivity contribution in [1.29, 1.82) is 0 Å². The SMILES string of the molecule is Cc1nc(-c2ccccc2)n(CCCN)n1. The number of aromatic nitrogens is 3. The van der Waals surface area contributed by atoms with Gasteiger partial charge in [0.15, 0.2) is 5.82 Å². The Morgan fingerprint density at radius 1 is 1.25 bits per heavy atom. The van der Waals surface area contributed by atoms with E-state index in [4.69, 9.17) is 5.73 Å². The summed E-state index contributed by atoms with van der Waals surface area (Å²) in [6.45, 7) is 3.40. The van der Waals surface area contributed by atoms with Crippen LogP contribution < -0.4 is 5.73 Å². The first kappa shape index (κ1) is 10.8. The summed E-state index contributed by atoms with van der Waals surface area (Å²) in [4.78, 5) is 4.44. The summed E-state index contributed by atoms with van der Waals surface area (Å²) >= 11 is 0. The maximum absolute atomic E-state index is 5.51. The lowest BCUT2D eigenvalue weighted by Crippen LogP contribution is -2.08. The normalized spacial score (nSPS) is 10.6. The molecule has 16 heavy (non-hydrogen) atoms. The average molecular weight is 216 g/mol. The molecule has 1 heterocycles. The van der Waals surface area contributed by atoms with E-state index in [1.54, 1.807) is 0 Å². The van der Waals surface area contributed by atoms with Crippen molar-refractivity contribution in [2.45, 2.75) is 19.9 Å². The monoisotopic (exact) mass is 216 g/mol. The van der Waals surface area contributed by atoms with Crippen molar-refractivity contribution < 1.29 is 0 Å². The quantitative estimate of drug-likeness (QED) is 0.844. The Balaban J connectivity index is 2.33. The summed E-state index contributed by atoms with van der Waals surface area (Å²) in [5.41, 5.74) is 6.61. The van der Waals surface area contributed by atoms with E-state index in [9.17, 15) is 0 Å². The molecule has 4 heteroatoms. The molecule has 0 amide bonds. The lowest BCUT2D eigenvalue weighted by molar-refractivity contribution is 0.586. The molecule has 0 spiro atoms. The van der Waals surface area contributed by atoms with E-state index in [0.717, 1.165) is 30.2 Å². The third kappa shape index (κ3) is 2.28. The highest BCUT2D eigenvalue weighted by molar-refractivity contribution is 5.54. The molecule has 0 bridgehead atoms. The largest absolute Gasteiger partial charge is 0.330 e. The number of rotatable bonds is 4. The molecule has 1 aromatic heterocycles. The number of hydrogen-bond acceptors (Lipinski definition) is 3. The van der Waals surface area contributed by atoms with Gasteiger partial charge in [0, 0.05) is 12.1 Å². The molecule has 4 nitrogen and oxygen atoms in total. The van der Waals surface area contributed by atoms with Gasteiger partial charge in [-0.2, -0.15) is 5.10 Å². The molecule has 2 rings (SSSR count). The Hall–Kier alpha value is -1.68. The van der Waals surface area contributed by atoms with Crippen molar-refractivity contribution in [3.05, 3.63) is 36.2 Å². The van der Waals surface area contributed by atoms with Crippen LogP contribution in [-0.2, 0) is 6.54 Å². The minimum Gasteiger partial charge on any atom is -0.330 e. The van der Waals surface area contributed by atoms with E-state index in [1.165, 1.54) is 0 Å². The van der Waals surface area contributed by atoms with Gasteiger partial charge in [-0.25, -0.2) is 9.67 Å². The molecular weight excluding hydrogens is 200 g/mol. The van der Waals surface area contributed by atoms with Gasteiger partial charge in [-0.15, -0.1) is 0 Å². The molecule has 0 unspecified atom stereocenters. The second-order valence-corrected chi connectivity index (χ2v) is 3.71. The summed E-state index contributed by atoms with van der Waals surface area (Å²) < 4.78 is 1.93. The van der Waals surface area contributed by atoms with Crippen LogP contribution in [0.3, 0.4) is 0 Å². The first-order chi connectivity index (χ1) is 7.81. The third-order valence-electron chi connectivity index (χ3n) is 2.38. The first-order valence-electron chi connectivity index (χ1n) is 5.48. The van der Waals surface area contributed by atoms with Gasteiger partial charge in [0.25, 0.3) is 0 Å². The zero-order chi connectivity index (χ0) is 11.4. The minimum atomic E-state index is 0.674. The summed E-state index contributed by atoms with van der Waals surface area (Å²) in [7, 11) is 0. The van der Waals surface area contributed by atoms with E-state index in [-0.39, 0.29) is 0 Å². The van der Waals surface area contributed by atoms with Crippen LogP contribution in [0, 0.1) is 6.92 Å². The van der Waals surface area contributed by atoms with Gasteiger partial charge < -0.3 is 5.73 Å². The third-order valence-corrected chi connectivity index (χ3v) is 2.38. The van der Waals surface area contributed by atoms with Gasteiger partial charge in [0.05, 0.1) is 0 Å². The Morgan fingerprint density at radius 2 is 2.00 bits per heavy atom. The predicted octanol–water partition coefficient (Wildman–Crippen LogP) is 1.60. The number of nitrogens with two attached hydrogens (primary N) is 1. The van der Waals surface area contributed by atoms with Crippen molar-refractivity contribution in [1.82, 2.24) is 14.8 Å². The van der Waals surface area contributed by atoms with E-state index < -0.39 is 0 Å². The zero-order valence-electron chi connectivity index (χ0n) is 9.43. The van der Waals surface area contributed by atoms with Gasteiger partial charge in [-0.05, 0) is 19.9 Å². The first-order valence-corrected chi connectivity index (χ1v) is 5.48. The maximum atomic E-state index is 5.51. The van der Waals surface area contributed by atoms with E-state index in [0.29, 0.717) is 6.54 Å².